The van der Waals surface area contributed by atoms with Gasteiger partial charge >= 0.3 is 5.97 Å². The largest absolute Gasteiger partial charge is 0.508 e. The number of esters is 1. The first kappa shape index (κ1) is 15.5. The number of benzene rings is 1. The van der Waals surface area contributed by atoms with Gasteiger partial charge in [0.25, 0.3) is 0 Å². The van der Waals surface area contributed by atoms with Crippen LogP contribution in [0.1, 0.15) is 12.5 Å². The predicted molar refractivity (Wildman–Crippen MR) is 75.4 cm³/mol. The molecule has 0 aliphatic rings. The second-order valence-corrected chi connectivity index (χ2v) is 3.97. The Morgan fingerprint density at radius 1 is 1.45 bits per heavy atom. The van der Waals surface area contributed by atoms with Gasteiger partial charge in [-0.25, -0.2) is 0 Å². The van der Waals surface area contributed by atoms with E-state index in [9.17, 15) is 9.90 Å². The highest BCUT2D eigenvalue weighted by Crippen LogP contribution is 2.07. The number of aliphatic hydroxyl groups is 1. The molecule has 1 rings (SSSR count). The Kier molecular flexibility index (Phi) is 6.03. The van der Waals surface area contributed by atoms with Crippen LogP contribution in [0.25, 0.3) is 0 Å². The van der Waals surface area contributed by atoms with Crippen LogP contribution in [0.4, 0.5) is 0 Å². The summed E-state index contributed by atoms with van der Waals surface area (Å²) in [5.74, 6) is -1.09. The van der Waals surface area contributed by atoms with Crippen LogP contribution in [-0.4, -0.2) is 23.1 Å². The Bertz CT molecular complexity index is 508. The van der Waals surface area contributed by atoms with Gasteiger partial charge in [0, 0.05) is 13.0 Å². The maximum atomic E-state index is 10.8. The van der Waals surface area contributed by atoms with E-state index in [1.165, 1.54) is 13.0 Å². The van der Waals surface area contributed by atoms with Crippen molar-refractivity contribution in [3.8, 4) is 0 Å². The number of nitrogens with one attached hydrogen (secondary N) is 1. The van der Waals surface area contributed by atoms with Gasteiger partial charge in [0.2, 0.25) is 5.90 Å². The van der Waals surface area contributed by atoms with Gasteiger partial charge in [-0.2, -0.15) is 0 Å². The van der Waals surface area contributed by atoms with Crippen LogP contribution in [0, 0.1) is 5.41 Å². The van der Waals surface area contributed by atoms with Crippen LogP contribution >= 0.6 is 0 Å². The fourth-order valence-electron chi connectivity index (χ4n) is 1.40. The molecular weight excluding hydrogens is 258 g/mol. The Labute approximate surface area is 117 Å². The highest BCUT2D eigenvalue weighted by molar-refractivity contribution is 5.85. The number of rotatable bonds is 6. The van der Waals surface area contributed by atoms with Gasteiger partial charge in [-0.05, 0) is 11.6 Å². The van der Waals surface area contributed by atoms with Crippen molar-refractivity contribution in [1.82, 2.24) is 0 Å². The Morgan fingerprint density at radius 2 is 2.10 bits per heavy atom. The van der Waals surface area contributed by atoms with Gasteiger partial charge in [-0.15, -0.1) is 0 Å². The van der Waals surface area contributed by atoms with E-state index in [1.54, 1.807) is 0 Å². The molecule has 0 radical (unpaired) electrons. The molecule has 1 aromatic rings. The van der Waals surface area contributed by atoms with Crippen molar-refractivity contribution >= 4 is 11.9 Å². The molecule has 2 N–H and O–H groups in total. The summed E-state index contributed by atoms with van der Waals surface area (Å²) in [4.78, 5) is 10.8. The summed E-state index contributed by atoms with van der Waals surface area (Å²) in [5, 5.41) is 17.3. The molecular formula is C15H17NO4. The molecule has 0 heterocycles. The summed E-state index contributed by atoms with van der Waals surface area (Å²) in [6.07, 6.45) is 1.36. The van der Waals surface area contributed by atoms with Gasteiger partial charge < -0.3 is 14.6 Å². The number of carbonyl (C=O) groups is 1. The fourth-order valence-corrected chi connectivity index (χ4v) is 1.40. The van der Waals surface area contributed by atoms with Crippen molar-refractivity contribution in [2.45, 2.75) is 19.6 Å². The first-order valence-corrected chi connectivity index (χ1v) is 5.98. The molecule has 0 aromatic heterocycles. The summed E-state index contributed by atoms with van der Waals surface area (Å²) >= 11 is 0. The zero-order valence-electron chi connectivity index (χ0n) is 11.2. The van der Waals surface area contributed by atoms with E-state index in [0.717, 1.165) is 11.6 Å². The highest BCUT2D eigenvalue weighted by atomic mass is 16.6. The maximum Gasteiger partial charge on any atom is 0.303 e. The average Bonchev–Trinajstić information content (AvgIpc) is 2.43. The molecule has 0 amide bonds. The van der Waals surface area contributed by atoms with Crippen molar-refractivity contribution in [3.05, 3.63) is 60.4 Å². The SMILES string of the molecule is C=CC(OC(C)=O)/C(O)=C/C(=N)OCc1ccccc1. The average molecular weight is 275 g/mol. The minimum Gasteiger partial charge on any atom is -0.508 e. The standard InChI is InChI=1S/C15H17NO4/c1-3-14(20-11(2)17)13(18)9-15(16)19-10-12-7-5-4-6-8-12/h3-9,14,16,18H,1,10H2,2H3/b13-9-,16-15?. The van der Waals surface area contributed by atoms with E-state index in [4.69, 9.17) is 14.9 Å². The quantitative estimate of drug-likeness (QED) is 0.275. The minimum absolute atomic E-state index is 0.218. The zero-order chi connectivity index (χ0) is 15.0. The number of aliphatic hydroxyl groups excluding tert-OH is 1. The smallest absolute Gasteiger partial charge is 0.303 e. The predicted octanol–water partition coefficient (Wildman–Crippen LogP) is 2.74. The molecule has 0 aliphatic carbocycles. The summed E-state index contributed by atoms with van der Waals surface area (Å²) in [6.45, 7) is 4.89. The molecule has 1 unspecified atom stereocenters. The minimum atomic E-state index is -0.979. The van der Waals surface area contributed by atoms with E-state index in [0.29, 0.717) is 0 Å². The molecule has 0 bridgehead atoms. The molecule has 1 aromatic carbocycles. The third-order valence-electron chi connectivity index (χ3n) is 2.31. The number of ether oxygens (including phenoxy) is 2. The Hall–Kier alpha value is -2.56. The number of hydrogen-bond donors (Lipinski definition) is 2. The molecule has 0 saturated carbocycles. The second kappa shape index (κ2) is 7.78. The van der Waals surface area contributed by atoms with E-state index in [1.807, 2.05) is 30.3 Å². The van der Waals surface area contributed by atoms with Crippen molar-refractivity contribution in [1.29, 1.82) is 5.41 Å². The normalized spacial score (nSPS) is 12.3. The zero-order valence-corrected chi connectivity index (χ0v) is 11.2. The number of carbonyl (C=O) groups excluding carboxylic acids is 1. The van der Waals surface area contributed by atoms with Gasteiger partial charge in [-0.1, -0.05) is 36.9 Å². The van der Waals surface area contributed by atoms with Crippen molar-refractivity contribution < 1.29 is 19.4 Å². The third kappa shape index (κ3) is 5.39. The van der Waals surface area contributed by atoms with Crippen molar-refractivity contribution in [2.24, 2.45) is 0 Å². The van der Waals surface area contributed by atoms with Crippen LogP contribution in [0.2, 0.25) is 0 Å². The highest BCUT2D eigenvalue weighted by Gasteiger charge is 2.13. The van der Waals surface area contributed by atoms with Crippen LogP contribution in [-0.2, 0) is 20.9 Å². The van der Waals surface area contributed by atoms with Gasteiger partial charge in [-0.3, -0.25) is 10.2 Å². The van der Waals surface area contributed by atoms with Crippen LogP contribution in [0.3, 0.4) is 0 Å². The van der Waals surface area contributed by atoms with Crippen molar-refractivity contribution in [2.75, 3.05) is 0 Å². The topological polar surface area (TPSA) is 79.6 Å². The molecule has 5 heteroatoms. The fraction of sp³-hybridized carbons (Fsp3) is 0.200. The Balaban J connectivity index is 2.56. The third-order valence-corrected chi connectivity index (χ3v) is 2.31. The molecule has 1 atom stereocenters. The lowest BCUT2D eigenvalue weighted by molar-refractivity contribution is -0.143. The molecule has 0 saturated heterocycles. The van der Waals surface area contributed by atoms with Gasteiger partial charge in [0.05, 0.1) is 0 Å². The molecule has 106 valence electrons. The number of hydrogen-bond acceptors (Lipinski definition) is 5. The van der Waals surface area contributed by atoms with Gasteiger partial charge in [0.15, 0.2) is 6.10 Å². The molecule has 0 aliphatic heterocycles. The lowest BCUT2D eigenvalue weighted by Crippen LogP contribution is -2.17. The van der Waals surface area contributed by atoms with E-state index >= 15 is 0 Å². The second-order valence-electron chi connectivity index (χ2n) is 3.97. The first-order chi connectivity index (χ1) is 9.52. The summed E-state index contributed by atoms with van der Waals surface area (Å²) in [7, 11) is 0. The van der Waals surface area contributed by atoms with Crippen LogP contribution < -0.4 is 0 Å². The Morgan fingerprint density at radius 3 is 2.65 bits per heavy atom. The monoisotopic (exact) mass is 275 g/mol. The maximum absolute atomic E-state index is 10.8. The van der Waals surface area contributed by atoms with Crippen LogP contribution in [0.15, 0.2) is 54.8 Å². The van der Waals surface area contributed by atoms with Crippen molar-refractivity contribution in [3.63, 3.8) is 0 Å². The van der Waals surface area contributed by atoms with E-state index in [-0.39, 0.29) is 18.3 Å². The van der Waals surface area contributed by atoms with E-state index in [2.05, 4.69) is 6.58 Å². The molecule has 0 fully saturated rings. The molecule has 20 heavy (non-hydrogen) atoms. The van der Waals surface area contributed by atoms with Gasteiger partial charge in [0.1, 0.15) is 12.4 Å². The summed E-state index contributed by atoms with van der Waals surface area (Å²) < 4.78 is 9.97. The molecule has 5 nitrogen and oxygen atoms in total. The lowest BCUT2D eigenvalue weighted by atomic mass is 10.2. The molecule has 0 spiro atoms. The van der Waals surface area contributed by atoms with E-state index < -0.39 is 12.1 Å². The first-order valence-electron chi connectivity index (χ1n) is 5.98. The lowest BCUT2D eigenvalue weighted by Gasteiger charge is -2.12. The van der Waals surface area contributed by atoms with Crippen LogP contribution in [0.5, 0.6) is 0 Å². The summed E-state index contributed by atoms with van der Waals surface area (Å²) in [6, 6.07) is 9.34. The summed E-state index contributed by atoms with van der Waals surface area (Å²) in [5.41, 5.74) is 0.908.